The highest BCUT2D eigenvalue weighted by atomic mass is 16.4. The molecular weight excluding hydrogens is 256 g/mol. The van der Waals surface area contributed by atoms with Crippen LogP contribution in [0.1, 0.15) is 44.9 Å². The molecule has 1 N–H and O–H groups in total. The topological polar surface area (TPSA) is 60.9 Å². The van der Waals surface area contributed by atoms with Crippen molar-refractivity contribution >= 4 is 11.9 Å². The summed E-state index contributed by atoms with van der Waals surface area (Å²) in [5.41, 5.74) is 0. The van der Waals surface area contributed by atoms with Crippen LogP contribution < -0.4 is 0 Å². The molecule has 0 spiro atoms. The maximum absolute atomic E-state index is 12.3. The first-order chi connectivity index (χ1) is 9.54. The van der Waals surface area contributed by atoms with E-state index in [4.69, 9.17) is 5.11 Å². The summed E-state index contributed by atoms with van der Waals surface area (Å²) in [5, 5.41) is 8.94. The van der Waals surface area contributed by atoms with Gasteiger partial charge in [0.2, 0.25) is 5.91 Å². The fourth-order valence-electron chi connectivity index (χ4n) is 3.99. The van der Waals surface area contributed by atoms with Crippen molar-refractivity contribution in [3.05, 3.63) is 0 Å². The summed E-state index contributed by atoms with van der Waals surface area (Å²) in [6, 6.07) is 1.33. The number of likely N-dealkylation sites (N-methyl/N-ethyl adjacent to an activating group) is 1. The molecule has 2 heterocycles. The lowest BCUT2D eigenvalue weighted by Gasteiger charge is -2.38. The van der Waals surface area contributed by atoms with E-state index in [2.05, 4.69) is 4.90 Å². The van der Waals surface area contributed by atoms with Crippen LogP contribution in [0.3, 0.4) is 0 Å². The summed E-state index contributed by atoms with van der Waals surface area (Å²) in [4.78, 5) is 27.4. The van der Waals surface area contributed by atoms with Gasteiger partial charge in [-0.2, -0.15) is 0 Å². The van der Waals surface area contributed by atoms with Crippen LogP contribution in [0.2, 0.25) is 0 Å². The molecule has 1 saturated carbocycles. The molecule has 5 heteroatoms. The van der Waals surface area contributed by atoms with Crippen molar-refractivity contribution < 1.29 is 14.7 Å². The molecule has 20 heavy (non-hydrogen) atoms. The van der Waals surface area contributed by atoms with Gasteiger partial charge in [0.05, 0.1) is 6.54 Å². The molecule has 2 atom stereocenters. The van der Waals surface area contributed by atoms with Crippen molar-refractivity contribution in [1.82, 2.24) is 9.80 Å². The second kappa shape index (κ2) is 5.35. The lowest BCUT2D eigenvalue weighted by Crippen LogP contribution is -2.48. The first-order valence-electron chi connectivity index (χ1n) is 7.77. The average Bonchev–Trinajstić information content (AvgIpc) is 3.18. The summed E-state index contributed by atoms with van der Waals surface area (Å²) < 4.78 is 0. The Hall–Kier alpha value is -1.10. The summed E-state index contributed by atoms with van der Waals surface area (Å²) >= 11 is 0. The number of carboxylic acid groups (broad SMARTS) is 1. The maximum Gasteiger partial charge on any atom is 0.303 e. The standard InChI is InChI=1S/C15H24N2O3/c1-16(11-2-3-11)14(18)9-17-12-4-5-13(17)7-10(6-12)8-15(19)20/h10-13H,2-9H2,1H3,(H,19,20). The molecular formula is C15H24N2O3. The molecule has 0 aromatic rings. The Balaban J connectivity index is 1.56. The molecule has 0 radical (unpaired) electrons. The maximum atomic E-state index is 12.3. The highest BCUT2D eigenvalue weighted by molar-refractivity contribution is 5.78. The second-order valence-corrected chi connectivity index (χ2v) is 6.73. The molecule has 112 valence electrons. The quantitative estimate of drug-likeness (QED) is 0.825. The summed E-state index contributed by atoms with van der Waals surface area (Å²) in [6.45, 7) is 0.530. The fraction of sp³-hybridized carbons (Fsp3) is 0.867. The van der Waals surface area contributed by atoms with Gasteiger partial charge in [-0.05, 0) is 44.4 Å². The zero-order valence-electron chi connectivity index (χ0n) is 12.1. The number of amides is 1. The van der Waals surface area contributed by atoms with Crippen molar-refractivity contribution in [2.75, 3.05) is 13.6 Å². The molecule has 2 bridgehead atoms. The van der Waals surface area contributed by atoms with Gasteiger partial charge in [-0.25, -0.2) is 0 Å². The zero-order chi connectivity index (χ0) is 14.3. The highest BCUT2D eigenvalue weighted by Crippen LogP contribution is 2.40. The van der Waals surface area contributed by atoms with Crippen LogP contribution in [0, 0.1) is 5.92 Å². The molecule has 1 aliphatic carbocycles. The van der Waals surface area contributed by atoms with Gasteiger partial charge in [-0.15, -0.1) is 0 Å². The predicted octanol–water partition coefficient (Wildman–Crippen LogP) is 1.32. The van der Waals surface area contributed by atoms with Crippen molar-refractivity contribution in [1.29, 1.82) is 0 Å². The van der Waals surface area contributed by atoms with Gasteiger partial charge in [-0.1, -0.05) is 0 Å². The van der Waals surface area contributed by atoms with Gasteiger partial charge in [0.25, 0.3) is 0 Å². The molecule has 3 fully saturated rings. The summed E-state index contributed by atoms with van der Waals surface area (Å²) in [5.74, 6) is -0.147. The number of aliphatic carboxylic acids is 1. The van der Waals surface area contributed by atoms with E-state index >= 15 is 0 Å². The first-order valence-corrected chi connectivity index (χ1v) is 7.77. The second-order valence-electron chi connectivity index (χ2n) is 6.73. The number of hydrogen-bond donors (Lipinski definition) is 1. The first kappa shape index (κ1) is 13.9. The molecule has 0 aromatic carbocycles. The minimum Gasteiger partial charge on any atom is -0.481 e. The number of carboxylic acids is 1. The highest BCUT2D eigenvalue weighted by Gasteiger charge is 2.42. The Labute approximate surface area is 119 Å². The number of carbonyl (C=O) groups excluding carboxylic acids is 1. The third kappa shape index (κ3) is 2.82. The minimum absolute atomic E-state index is 0.237. The number of carbonyl (C=O) groups is 2. The monoisotopic (exact) mass is 280 g/mol. The van der Waals surface area contributed by atoms with Gasteiger partial charge in [0.1, 0.15) is 0 Å². The van der Waals surface area contributed by atoms with Crippen LogP contribution in [0.25, 0.3) is 0 Å². The molecule has 5 nitrogen and oxygen atoms in total. The lowest BCUT2D eigenvalue weighted by atomic mass is 9.88. The van der Waals surface area contributed by atoms with Crippen molar-refractivity contribution in [2.24, 2.45) is 5.92 Å². The third-order valence-corrected chi connectivity index (χ3v) is 5.25. The van der Waals surface area contributed by atoms with Crippen molar-refractivity contribution in [3.63, 3.8) is 0 Å². The van der Waals surface area contributed by atoms with Crippen molar-refractivity contribution in [3.8, 4) is 0 Å². The number of fused-ring (bicyclic) bond motifs is 2. The Morgan fingerprint density at radius 3 is 2.25 bits per heavy atom. The number of piperidine rings is 1. The Kier molecular flexibility index (Phi) is 3.71. The average molecular weight is 280 g/mol. The Morgan fingerprint density at radius 2 is 1.75 bits per heavy atom. The summed E-state index contributed by atoms with van der Waals surface area (Å²) in [6.07, 6.45) is 6.73. The number of rotatable bonds is 5. The van der Waals surface area contributed by atoms with Crippen LogP contribution in [0.4, 0.5) is 0 Å². The molecule has 2 unspecified atom stereocenters. The smallest absolute Gasteiger partial charge is 0.303 e. The van der Waals surface area contributed by atoms with E-state index in [1.807, 2.05) is 11.9 Å². The summed E-state index contributed by atoms with van der Waals surface area (Å²) in [7, 11) is 1.92. The predicted molar refractivity (Wildman–Crippen MR) is 74.3 cm³/mol. The zero-order valence-corrected chi connectivity index (χ0v) is 12.1. The Bertz CT molecular complexity index is 394. The van der Waals surface area contributed by atoms with Crippen LogP contribution in [-0.4, -0.2) is 58.5 Å². The van der Waals surface area contributed by atoms with Crippen LogP contribution in [-0.2, 0) is 9.59 Å². The van der Waals surface area contributed by atoms with E-state index in [1.54, 1.807) is 0 Å². The lowest BCUT2D eigenvalue weighted by molar-refractivity contribution is -0.139. The largest absolute Gasteiger partial charge is 0.481 e. The van der Waals surface area contributed by atoms with E-state index in [0.717, 1.165) is 38.5 Å². The Morgan fingerprint density at radius 1 is 1.15 bits per heavy atom. The van der Waals surface area contributed by atoms with Gasteiger partial charge in [0, 0.05) is 31.6 Å². The third-order valence-electron chi connectivity index (χ3n) is 5.25. The number of hydrogen-bond acceptors (Lipinski definition) is 3. The van der Waals surface area contributed by atoms with Gasteiger partial charge < -0.3 is 10.0 Å². The van der Waals surface area contributed by atoms with Crippen LogP contribution in [0.15, 0.2) is 0 Å². The molecule has 3 rings (SSSR count). The van der Waals surface area contributed by atoms with E-state index in [0.29, 0.717) is 30.6 Å². The molecule has 3 aliphatic rings. The van der Waals surface area contributed by atoms with Gasteiger partial charge in [-0.3, -0.25) is 14.5 Å². The molecule has 2 aliphatic heterocycles. The molecule has 1 amide bonds. The van der Waals surface area contributed by atoms with Gasteiger partial charge in [0.15, 0.2) is 0 Å². The fourth-order valence-corrected chi connectivity index (χ4v) is 3.99. The SMILES string of the molecule is CN(C(=O)CN1C2CCC1CC(CC(=O)O)C2)C1CC1. The van der Waals surface area contributed by atoms with E-state index < -0.39 is 5.97 Å². The van der Waals surface area contributed by atoms with E-state index in [1.165, 1.54) is 0 Å². The number of nitrogens with zero attached hydrogens (tertiary/aromatic N) is 2. The van der Waals surface area contributed by atoms with Crippen LogP contribution in [0.5, 0.6) is 0 Å². The normalized spacial score (nSPS) is 33.1. The van der Waals surface area contributed by atoms with E-state index in [9.17, 15) is 9.59 Å². The van der Waals surface area contributed by atoms with Crippen molar-refractivity contribution in [2.45, 2.75) is 63.1 Å². The molecule has 0 aromatic heterocycles. The molecule has 2 saturated heterocycles. The van der Waals surface area contributed by atoms with Crippen LogP contribution >= 0.6 is 0 Å². The van der Waals surface area contributed by atoms with E-state index in [-0.39, 0.29) is 12.3 Å². The minimum atomic E-state index is -0.688. The van der Waals surface area contributed by atoms with Gasteiger partial charge >= 0.3 is 5.97 Å².